The number of nitrogens with zero attached hydrogens (tertiary/aromatic N) is 3. The predicted molar refractivity (Wildman–Crippen MR) is 76.8 cm³/mol. The number of ether oxygens (including phenoxy) is 1. The summed E-state index contributed by atoms with van der Waals surface area (Å²) in [5.74, 6) is 0.334. The van der Waals surface area contributed by atoms with E-state index < -0.39 is 4.92 Å². The first-order chi connectivity index (χ1) is 9.60. The van der Waals surface area contributed by atoms with Gasteiger partial charge in [0.2, 0.25) is 0 Å². The van der Waals surface area contributed by atoms with Gasteiger partial charge < -0.3 is 4.74 Å². The molecule has 0 spiro atoms. The zero-order valence-electron chi connectivity index (χ0n) is 10.9. The Bertz CT molecular complexity index is 654. The fraction of sp³-hybridized carbons (Fsp3) is 0.167. The lowest BCUT2D eigenvalue weighted by atomic mass is 10.2. The van der Waals surface area contributed by atoms with Crippen molar-refractivity contribution in [2.75, 3.05) is 12.5 Å². The molecule has 1 N–H and O–H groups in total. The summed E-state index contributed by atoms with van der Waals surface area (Å²) in [4.78, 5) is 11.3. The number of methoxy groups -OCH3 is 1. The van der Waals surface area contributed by atoms with E-state index in [0.717, 1.165) is 9.88 Å². The van der Waals surface area contributed by atoms with Gasteiger partial charge in [0.1, 0.15) is 10.7 Å². The Labute approximate surface area is 119 Å². The van der Waals surface area contributed by atoms with E-state index in [1.165, 1.54) is 36.6 Å². The number of nitro benzene ring substituents is 1. The van der Waals surface area contributed by atoms with Crippen molar-refractivity contribution in [2.45, 2.75) is 6.92 Å². The third-order valence-corrected chi connectivity index (χ3v) is 3.33. The maximum Gasteiger partial charge on any atom is 0.273 e. The van der Waals surface area contributed by atoms with Crippen LogP contribution in [0.5, 0.6) is 5.75 Å². The molecule has 1 aromatic carbocycles. The van der Waals surface area contributed by atoms with Crippen molar-refractivity contribution in [1.82, 2.24) is 0 Å². The lowest BCUT2D eigenvalue weighted by Crippen LogP contribution is -1.95. The first-order valence-corrected chi connectivity index (χ1v) is 6.47. The Kier molecular flexibility index (Phi) is 4.26. The van der Waals surface area contributed by atoms with E-state index in [4.69, 9.17) is 4.74 Å². The van der Waals surface area contributed by atoms with Crippen LogP contribution in [0.1, 0.15) is 4.88 Å². The van der Waals surface area contributed by atoms with Crippen molar-refractivity contribution in [2.24, 2.45) is 10.3 Å². The van der Waals surface area contributed by atoms with Gasteiger partial charge in [-0.3, -0.25) is 15.5 Å². The van der Waals surface area contributed by atoms with E-state index in [1.807, 2.05) is 19.1 Å². The minimum atomic E-state index is -0.484. The Morgan fingerprint density at radius 2 is 2.15 bits per heavy atom. The molecule has 8 heteroatoms. The van der Waals surface area contributed by atoms with Gasteiger partial charge >= 0.3 is 0 Å². The van der Waals surface area contributed by atoms with E-state index in [0.29, 0.717) is 11.4 Å². The Balaban J connectivity index is 2.13. The van der Waals surface area contributed by atoms with Crippen molar-refractivity contribution >= 4 is 27.7 Å². The maximum absolute atomic E-state index is 10.7. The fourth-order valence-electron chi connectivity index (χ4n) is 1.49. The van der Waals surface area contributed by atoms with E-state index in [1.54, 1.807) is 0 Å². The van der Waals surface area contributed by atoms with E-state index in [9.17, 15) is 10.1 Å². The molecule has 0 aliphatic heterocycles. The highest BCUT2D eigenvalue weighted by Crippen LogP contribution is 2.29. The van der Waals surface area contributed by atoms with E-state index in [2.05, 4.69) is 15.8 Å². The van der Waals surface area contributed by atoms with Gasteiger partial charge in [0.15, 0.2) is 5.75 Å². The van der Waals surface area contributed by atoms with Crippen molar-refractivity contribution < 1.29 is 9.66 Å². The molecule has 0 amide bonds. The second kappa shape index (κ2) is 6.11. The molecule has 0 aliphatic rings. The Morgan fingerprint density at radius 3 is 2.75 bits per heavy atom. The highest BCUT2D eigenvalue weighted by molar-refractivity contribution is 7.15. The lowest BCUT2D eigenvalue weighted by Gasteiger charge is -2.06. The molecule has 0 atom stereocenters. The van der Waals surface area contributed by atoms with Gasteiger partial charge in [0.05, 0.1) is 18.1 Å². The molecule has 0 saturated heterocycles. The van der Waals surface area contributed by atoms with Crippen molar-refractivity contribution in [3.8, 4) is 5.75 Å². The van der Waals surface area contributed by atoms with Crippen LogP contribution >= 0.6 is 11.3 Å². The molecule has 0 fully saturated rings. The molecule has 20 heavy (non-hydrogen) atoms. The standard InChI is InChI=1S/C12H12N4O3S/c1-8-3-6-12(20-8)14-15-13-10-5-4-9(16(17)18)7-11(10)19-2/h3-7H,1-2H3,(H,13,14). The predicted octanol–water partition coefficient (Wildman–Crippen LogP) is 4.08. The van der Waals surface area contributed by atoms with Gasteiger partial charge in [-0.1, -0.05) is 5.22 Å². The van der Waals surface area contributed by atoms with Crippen LogP contribution < -0.4 is 10.2 Å². The minimum Gasteiger partial charge on any atom is -0.494 e. The number of nitrogens with one attached hydrogen (secondary N) is 1. The molecule has 2 aromatic rings. The second-order valence-electron chi connectivity index (χ2n) is 3.84. The zero-order chi connectivity index (χ0) is 14.5. The average Bonchev–Trinajstić information content (AvgIpc) is 2.84. The monoisotopic (exact) mass is 292 g/mol. The van der Waals surface area contributed by atoms with Crippen LogP contribution in [-0.4, -0.2) is 12.0 Å². The summed E-state index contributed by atoms with van der Waals surface area (Å²) in [7, 11) is 1.43. The van der Waals surface area contributed by atoms with Crippen molar-refractivity contribution in [3.63, 3.8) is 0 Å². The molecule has 2 rings (SSSR count). The molecule has 1 heterocycles. The maximum atomic E-state index is 10.7. The average molecular weight is 292 g/mol. The highest BCUT2D eigenvalue weighted by atomic mass is 32.1. The van der Waals surface area contributed by atoms with Gasteiger partial charge in [-0.25, -0.2) is 0 Å². The number of rotatable bonds is 5. The quantitative estimate of drug-likeness (QED) is 0.510. The molecule has 104 valence electrons. The first kappa shape index (κ1) is 13.9. The van der Waals surface area contributed by atoms with Crippen LogP contribution in [0.4, 0.5) is 16.4 Å². The number of aryl methyl sites for hydroxylation is 1. The molecule has 0 unspecified atom stereocenters. The number of nitro groups is 1. The summed E-state index contributed by atoms with van der Waals surface area (Å²) in [6.07, 6.45) is 0. The summed E-state index contributed by atoms with van der Waals surface area (Å²) in [5, 5.41) is 19.3. The third kappa shape index (κ3) is 3.29. The number of thiophene rings is 1. The number of hydrogen-bond acceptors (Lipinski definition) is 6. The smallest absolute Gasteiger partial charge is 0.273 e. The Hall–Kier alpha value is -2.48. The van der Waals surface area contributed by atoms with Gasteiger partial charge in [-0.15, -0.1) is 16.5 Å². The normalized spacial score (nSPS) is 10.7. The van der Waals surface area contributed by atoms with Crippen LogP contribution in [-0.2, 0) is 0 Å². The molecular weight excluding hydrogens is 280 g/mol. The molecule has 0 radical (unpaired) electrons. The lowest BCUT2D eigenvalue weighted by molar-refractivity contribution is -0.384. The SMILES string of the molecule is COc1cc([N+](=O)[O-])ccc1N/N=N/c1ccc(C)s1. The second-order valence-corrected chi connectivity index (χ2v) is 5.10. The summed E-state index contributed by atoms with van der Waals surface area (Å²) < 4.78 is 5.08. The molecule has 0 aliphatic carbocycles. The van der Waals surface area contributed by atoms with Gasteiger partial charge in [-0.2, -0.15) is 0 Å². The fourth-order valence-corrected chi connectivity index (χ4v) is 2.17. The zero-order valence-corrected chi connectivity index (χ0v) is 11.7. The largest absolute Gasteiger partial charge is 0.494 e. The molecule has 0 bridgehead atoms. The van der Waals surface area contributed by atoms with Crippen molar-refractivity contribution in [3.05, 3.63) is 45.3 Å². The first-order valence-electron chi connectivity index (χ1n) is 5.66. The number of non-ortho nitro benzene ring substituents is 1. The Morgan fingerprint density at radius 1 is 1.35 bits per heavy atom. The van der Waals surface area contributed by atoms with Crippen LogP contribution in [0.15, 0.2) is 40.7 Å². The van der Waals surface area contributed by atoms with Crippen LogP contribution in [0.3, 0.4) is 0 Å². The van der Waals surface area contributed by atoms with Gasteiger partial charge in [0, 0.05) is 10.9 Å². The van der Waals surface area contributed by atoms with Gasteiger partial charge in [0.25, 0.3) is 5.69 Å². The molecular formula is C12H12N4O3S. The minimum absolute atomic E-state index is 0.0433. The topological polar surface area (TPSA) is 89.1 Å². The molecule has 1 aromatic heterocycles. The highest BCUT2D eigenvalue weighted by Gasteiger charge is 2.10. The summed E-state index contributed by atoms with van der Waals surface area (Å²) in [6, 6.07) is 8.03. The van der Waals surface area contributed by atoms with E-state index >= 15 is 0 Å². The number of benzene rings is 1. The number of hydrogen-bond donors (Lipinski definition) is 1. The summed E-state index contributed by atoms with van der Waals surface area (Å²) in [5.41, 5.74) is 3.17. The van der Waals surface area contributed by atoms with Gasteiger partial charge in [-0.05, 0) is 25.1 Å². The summed E-state index contributed by atoms with van der Waals surface area (Å²) >= 11 is 1.52. The van der Waals surface area contributed by atoms with Crippen LogP contribution in [0, 0.1) is 17.0 Å². The third-order valence-electron chi connectivity index (χ3n) is 2.44. The van der Waals surface area contributed by atoms with Crippen molar-refractivity contribution in [1.29, 1.82) is 0 Å². The van der Waals surface area contributed by atoms with Crippen LogP contribution in [0.2, 0.25) is 0 Å². The number of anilines is 1. The van der Waals surface area contributed by atoms with Crippen LogP contribution in [0.25, 0.3) is 0 Å². The summed E-state index contributed by atoms with van der Waals surface area (Å²) in [6.45, 7) is 1.98. The molecule has 0 saturated carbocycles. The molecule has 7 nitrogen and oxygen atoms in total. The van der Waals surface area contributed by atoms with E-state index in [-0.39, 0.29) is 5.69 Å².